The highest BCUT2D eigenvalue weighted by Gasteiger charge is 2.21. The van der Waals surface area contributed by atoms with Crippen LogP contribution >= 0.6 is 0 Å². The molecule has 3 N–H and O–H groups in total. The molecule has 1 unspecified atom stereocenters. The Morgan fingerprint density at radius 1 is 1.50 bits per heavy atom. The molecule has 1 atom stereocenters. The molecule has 1 saturated carbocycles. The van der Waals surface area contributed by atoms with E-state index in [2.05, 4.69) is 11.4 Å². The van der Waals surface area contributed by atoms with Crippen LogP contribution in [0, 0.1) is 6.92 Å². The molecule has 0 aromatic heterocycles. The third-order valence-electron chi connectivity index (χ3n) is 3.05. The molecular weight excluding hydrogens is 200 g/mol. The van der Waals surface area contributed by atoms with Crippen LogP contribution in [-0.2, 0) is 0 Å². The van der Waals surface area contributed by atoms with E-state index in [-0.39, 0.29) is 6.04 Å². The Kier molecular flexibility index (Phi) is 3.46. The first-order valence-electron chi connectivity index (χ1n) is 5.84. The van der Waals surface area contributed by atoms with Gasteiger partial charge in [0.15, 0.2) is 0 Å². The lowest BCUT2D eigenvalue weighted by Gasteiger charge is -2.14. The van der Waals surface area contributed by atoms with Gasteiger partial charge in [-0.3, -0.25) is 0 Å². The zero-order valence-electron chi connectivity index (χ0n) is 9.99. The van der Waals surface area contributed by atoms with Crippen molar-refractivity contribution in [3.8, 4) is 5.75 Å². The monoisotopic (exact) mass is 220 g/mol. The molecule has 2 rings (SSSR count). The first-order chi connectivity index (χ1) is 7.70. The number of nitrogens with two attached hydrogens (primary N) is 1. The van der Waals surface area contributed by atoms with Gasteiger partial charge in [-0.05, 0) is 37.0 Å². The van der Waals surface area contributed by atoms with Gasteiger partial charge in [0.05, 0.1) is 7.11 Å². The van der Waals surface area contributed by atoms with Gasteiger partial charge >= 0.3 is 0 Å². The lowest BCUT2D eigenvalue weighted by Crippen LogP contribution is -2.28. The fraction of sp³-hybridized carbons (Fsp3) is 0.538. The van der Waals surface area contributed by atoms with E-state index in [1.807, 2.05) is 19.1 Å². The molecule has 0 spiro atoms. The van der Waals surface area contributed by atoms with Crippen LogP contribution in [0.5, 0.6) is 5.75 Å². The van der Waals surface area contributed by atoms with Gasteiger partial charge in [0, 0.05) is 18.6 Å². The zero-order valence-corrected chi connectivity index (χ0v) is 9.99. The van der Waals surface area contributed by atoms with E-state index in [1.54, 1.807) is 7.11 Å². The summed E-state index contributed by atoms with van der Waals surface area (Å²) in [5, 5.41) is 3.45. The predicted octanol–water partition coefficient (Wildman–Crippen LogP) is 1.76. The summed E-state index contributed by atoms with van der Waals surface area (Å²) < 4.78 is 5.23. The molecule has 88 valence electrons. The highest BCUT2D eigenvalue weighted by atomic mass is 16.5. The van der Waals surface area contributed by atoms with Crippen molar-refractivity contribution < 1.29 is 4.74 Å². The molecule has 1 aromatic carbocycles. The zero-order chi connectivity index (χ0) is 11.5. The molecule has 16 heavy (non-hydrogen) atoms. The number of methoxy groups -OCH3 is 1. The number of rotatable bonds is 5. The summed E-state index contributed by atoms with van der Waals surface area (Å²) >= 11 is 0. The molecule has 1 aliphatic carbocycles. The van der Waals surface area contributed by atoms with E-state index < -0.39 is 0 Å². The van der Waals surface area contributed by atoms with E-state index in [4.69, 9.17) is 10.5 Å². The Hall–Kier alpha value is -1.06. The second kappa shape index (κ2) is 4.85. The Balaban J connectivity index is 1.98. The van der Waals surface area contributed by atoms with Crippen molar-refractivity contribution in [3.05, 3.63) is 29.3 Å². The van der Waals surface area contributed by atoms with Crippen LogP contribution in [0.2, 0.25) is 0 Å². The van der Waals surface area contributed by atoms with Crippen molar-refractivity contribution in [3.63, 3.8) is 0 Å². The third-order valence-corrected chi connectivity index (χ3v) is 3.05. The summed E-state index contributed by atoms with van der Waals surface area (Å²) in [4.78, 5) is 0. The Labute approximate surface area is 97.0 Å². The lowest BCUT2D eigenvalue weighted by atomic mass is 10.0. The van der Waals surface area contributed by atoms with Crippen molar-refractivity contribution in [1.82, 2.24) is 5.32 Å². The molecule has 0 aliphatic heterocycles. The van der Waals surface area contributed by atoms with Crippen molar-refractivity contribution >= 4 is 0 Å². The van der Waals surface area contributed by atoms with E-state index in [9.17, 15) is 0 Å². The average Bonchev–Trinajstić information content (AvgIpc) is 3.09. The van der Waals surface area contributed by atoms with Gasteiger partial charge in [-0.2, -0.15) is 0 Å². The number of hydrogen-bond donors (Lipinski definition) is 2. The highest BCUT2D eigenvalue weighted by molar-refractivity contribution is 5.37. The summed E-state index contributed by atoms with van der Waals surface area (Å²) in [5.41, 5.74) is 8.44. The smallest absolute Gasteiger partial charge is 0.121 e. The molecular formula is C13H20N2O. The normalized spacial score (nSPS) is 17.2. The van der Waals surface area contributed by atoms with E-state index in [1.165, 1.54) is 18.4 Å². The van der Waals surface area contributed by atoms with Crippen LogP contribution < -0.4 is 15.8 Å². The molecule has 3 heteroatoms. The van der Waals surface area contributed by atoms with Crippen molar-refractivity contribution in [2.24, 2.45) is 5.73 Å². The number of aryl methyl sites for hydroxylation is 1. The standard InChI is InChI=1S/C13H20N2O/c1-9-7-10(3-6-13(9)16-2)12(14)8-15-11-4-5-11/h3,6-7,11-12,15H,4-5,8,14H2,1-2H3. The van der Waals surface area contributed by atoms with Crippen LogP contribution in [-0.4, -0.2) is 19.7 Å². The van der Waals surface area contributed by atoms with E-state index in [0.717, 1.165) is 17.9 Å². The molecule has 1 aliphatic rings. The van der Waals surface area contributed by atoms with Crippen molar-refractivity contribution in [2.75, 3.05) is 13.7 Å². The highest BCUT2D eigenvalue weighted by Crippen LogP contribution is 2.23. The average molecular weight is 220 g/mol. The minimum atomic E-state index is 0.0743. The largest absolute Gasteiger partial charge is 0.496 e. The maximum Gasteiger partial charge on any atom is 0.121 e. The van der Waals surface area contributed by atoms with Crippen LogP contribution in [0.15, 0.2) is 18.2 Å². The number of ether oxygens (including phenoxy) is 1. The summed E-state index contributed by atoms with van der Waals surface area (Å²) in [7, 11) is 1.69. The Bertz CT molecular complexity index is 361. The number of benzene rings is 1. The lowest BCUT2D eigenvalue weighted by molar-refractivity contribution is 0.411. The van der Waals surface area contributed by atoms with Gasteiger partial charge in [-0.15, -0.1) is 0 Å². The van der Waals surface area contributed by atoms with Crippen molar-refractivity contribution in [1.29, 1.82) is 0 Å². The number of hydrogen-bond acceptors (Lipinski definition) is 3. The molecule has 0 amide bonds. The fourth-order valence-corrected chi connectivity index (χ4v) is 1.83. The van der Waals surface area contributed by atoms with Gasteiger partial charge in [0.2, 0.25) is 0 Å². The predicted molar refractivity (Wildman–Crippen MR) is 65.7 cm³/mol. The molecule has 0 heterocycles. The van der Waals surface area contributed by atoms with Crippen LogP contribution in [0.3, 0.4) is 0 Å². The summed E-state index contributed by atoms with van der Waals surface area (Å²) in [6.45, 7) is 2.90. The molecule has 0 radical (unpaired) electrons. The van der Waals surface area contributed by atoms with Gasteiger partial charge in [0.25, 0.3) is 0 Å². The summed E-state index contributed by atoms with van der Waals surface area (Å²) in [6, 6.07) is 6.93. The van der Waals surface area contributed by atoms with Crippen LogP contribution in [0.1, 0.15) is 30.0 Å². The maximum absolute atomic E-state index is 6.13. The minimum absolute atomic E-state index is 0.0743. The van der Waals surface area contributed by atoms with Crippen LogP contribution in [0.25, 0.3) is 0 Å². The third kappa shape index (κ3) is 2.74. The van der Waals surface area contributed by atoms with Crippen LogP contribution in [0.4, 0.5) is 0 Å². The Morgan fingerprint density at radius 2 is 2.25 bits per heavy atom. The molecule has 3 nitrogen and oxygen atoms in total. The molecule has 1 aromatic rings. The second-order valence-electron chi connectivity index (χ2n) is 4.52. The molecule has 0 saturated heterocycles. The van der Waals surface area contributed by atoms with Gasteiger partial charge in [-0.25, -0.2) is 0 Å². The quantitative estimate of drug-likeness (QED) is 0.795. The second-order valence-corrected chi connectivity index (χ2v) is 4.52. The topological polar surface area (TPSA) is 47.3 Å². The fourth-order valence-electron chi connectivity index (χ4n) is 1.83. The number of nitrogens with one attached hydrogen (secondary N) is 1. The van der Waals surface area contributed by atoms with Gasteiger partial charge in [0.1, 0.15) is 5.75 Å². The van der Waals surface area contributed by atoms with Gasteiger partial charge in [-0.1, -0.05) is 12.1 Å². The Morgan fingerprint density at radius 3 is 2.81 bits per heavy atom. The van der Waals surface area contributed by atoms with Gasteiger partial charge < -0.3 is 15.8 Å². The first-order valence-corrected chi connectivity index (χ1v) is 5.84. The summed E-state index contributed by atoms with van der Waals surface area (Å²) in [6.07, 6.45) is 2.60. The minimum Gasteiger partial charge on any atom is -0.496 e. The van der Waals surface area contributed by atoms with Crippen molar-refractivity contribution in [2.45, 2.75) is 31.8 Å². The molecule has 0 bridgehead atoms. The summed E-state index contributed by atoms with van der Waals surface area (Å²) in [5.74, 6) is 0.922. The first kappa shape index (κ1) is 11.4. The van der Waals surface area contributed by atoms with E-state index in [0.29, 0.717) is 6.04 Å². The maximum atomic E-state index is 6.13. The molecule has 1 fully saturated rings. The SMILES string of the molecule is COc1ccc(C(N)CNC2CC2)cc1C. The van der Waals surface area contributed by atoms with E-state index >= 15 is 0 Å².